The molecule has 3 aliphatic heterocycles. The van der Waals surface area contributed by atoms with E-state index in [4.69, 9.17) is 19.9 Å². The Morgan fingerprint density at radius 3 is 1.53 bits per heavy atom. The van der Waals surface area contributed by atoms with Crippen LogP contribution in [0.15, 0.2) is 0 Å². The third kappa shape index (κ3) is 8.68. The van der Waals surface area contributed by atoms with Crippen LogP contribution < -0.4 is 5.73 Å². The fourth-order valence-electron chi connectivity index (χ4n) is 5.81. The Kier molecular flexibility index (Phi) is 11.5. The second kappa shape index (κ2) is 13.9. The van der Waals surface area contributed by atoms with Gasteiger partial charge in [0.2, 0.25) is 0 Å². The Balaban J connectivity index is 1.61. The van der Waals surface area contributed by atoms with Gasteiger partial charge in [0, 0.05) is 64.4 Å². The highest BCUT2D eigenvalue weighted by Crippen LogP contribution is 2.23. The monoisotopic (exact) mass is 482 g/mol. The quantitative estimate of drug-likeness (QED) is 0.459. The maximum Gasteiger partial charge on any atom is 0.0703 e. The maximum atomic E-state index is 7.28. The van der Waals surface area contributed by atoms with Gasteiger partial charge in [0.25, 0.3) is 0 Å². The third-order valence-electron chi connectivity index (χ3n) is 8.15. The Morgan fingerprint density at radius 1 is 0.706 bits per heavy atom. The Hall–Kier alpha value is -0.280. The van der Waals surface area contributed by atoms with E-state index < -0.39 is 0 Å². The van der Waals surface area contributed by atoms with Gasteiger partial charge in [-0.25, -0.2) is 0 Å². The average Bonchev–Trinajstić information content (AvgIpc) is 2.85. The molecule has 0 saturated carbocycles. The summed E-state index contributed by atoms with van der Waals surface area (Å²) in [5.41, 5.74) is 7.09. The summed E-state index contributed by atoms with van der Waals surface area (Å²) in [6.07, 6.45) is 8.12. The van der Waals surface area contributed by atoms with Gasteiger partial charge in [-0.05, 0) is 45.4 Å². The normalized spacial score (nSPS) is 34.2. The first-order valence-electron chi connectivity index (χ1n) is 14.2. The molecule has 3 rings (SSSR count). The summed E-state index contributed by atoms with van der Waals surface area (Å²) < 4.78 is 18.3. The predicted octanol–water partition coefficient (Wildman–Crippen LogP) is 2.96. The topological polar surface area (TPSA) is 63.4 Å². The van der Waals surface area contributed by atoms with E-state index in [1.165, 1.54) is 0 Å². The van der Waals surface area contributed by atoms with Crippen molar-refractivity contribution in [1.29, 1.82) is 0 Å². The molecule has 3 aliphatic rings. The molecule has 5 atom stereocenters. The van der Waals surface area contributed by atoms with E-state index in [1.54, 1.807) is 0 Å². The fourth-order valence-corrected chi connectivity index (χ4v) is 5.81. The lowest BCUT2D eigenvalue weighted by Gasteiger charge is -2.43. The van der Waals surface area contributed by atoms with E-state index in [0.717, 1.165) is 104 Å². The van der Waals surface area contributed by atoms with E-state index in [9.17, 15) is 0 Å². The van der Waals surface area contributed by atoms with E-state index in [1.807, 2.05) is 0 Å². The Morgan fingerprint density at radius 2 is 1.15 bits per heavy atom. The number of morpholine rings is 3. The second-order valence-corrected chi connectivity index (χ2v) is 11.2. The molecule has 3 heterocycles. The van der Waals surface area contributed by atoms with Crippen LogP contribution in [0.2, 0.25) is 0 Å². The number of hydrogen-bond acceptors (Lipinski definition) is 7. The molecule has 0 bridgehead atoms. The highest BCUT2D eigenvalue weighted by molar-refractivity contribution is 4.92. The highest BCUT2D eigenvalue weighted by Gasteiger charge is 2.34. The Bertz CT molecular complexity index is 522. The van der Waals surface area contributed by atoms with E-state index >= 15 is 0 Å². The molecule has 2 N–H and O–H groups in total. The first kappa shape index (κ1) is 28.3. The van der Waals surface area contributed by atoms with Gasteiger partial charge in [0.1, 0.15) is 0 Å². The highest BCUT2D eigenvalue weighted by atomic mass is 16.5. The standard InChI is InChI=1S/C27H54N4O3/c1-6-23-17-29(18-24(7-2)33-23)12-10-27(28,21-31-14-15-32-22(5)16-31)11-13-30-19-25(8-3)34-26(9-4)20-30/h22-26H,6-21,28H2,1-5H3. The molecule has 34 heavy (non-hydrogen) atoms. The van der Waals surface area contributed by atoms with Crippen LogP contribution in [0.5, 0.6) is 0 Å². The van der Waals surface area contributed by atoms with Crippen LogP contribution in [0.1, 0.15) is 73.1 Å². The van der Waals surface area contributed by atoms with E-state index in [-0.39, 0.29) is 5.54 Å². The summed E-state index contributed by atoms with van der Waals surface area (Å²) >= 11 is 0. The zero-order chi connectivity index (χ0) is 24.6. The molecule has 0 radical (unpaired) electrons. The molecular weight excluding hydrogens is 428 g/mol. The molecule has 0 aromatic heterocycles. The lowest BCUT2D eigenvalue weighted by molar-refractivity contribution is -0.0916. The summed E-state index contributed by atoms with van der Waals surface area (Å²) in [6.45, 7) is 21.2. The molecule has 7 nitrogen and oxygen atoms in total. The van der Waals surface area contributed by atoms with Crippen LogP contribution in [-0.4, -0.2) is 116 Å². The van der Waals surface area contributed by atoms with Gasteiger partial charge in [-0.1, -0.05) is 27.7 Å². The van der Waals surface area contributed by atoms with Crippen LogP contribution in [0.25, 0.3) is 0 Å². The molecule has 3 saturated heterocycles. The summed E-state index contributed by atoms with van der Waals surface area (Å²) in [4.78, 5) is 7.77. The van der Waals surface area contributed by atoms with Gasteiger partial charge in [-0.2, -0.15) is 0 Å². The third-order valence-corrected chi connectivity index (χ3v) is 8.15. The zero-order valence-corrected chi connectivity index (χ0v) is 22.8. The average molecular weight is 483 g/mol. The van der Waals surface area contributed by atoms with Gasteiger partial charge in [-0.3, -0.25) is 14.7 Å². The van der Waals surface area contributed by atoms with Crippen LogP contribution in [0.4, 0.5) is 0 Å². The molecule has 0 amide bonds. The van der Waals surface area contributed by atoms with Crippen molar-refractivity contribution in [3.63, 3.8) is 0 Å². The summed E-state index contributed by atoms with van der Waals surface area (Å²) in [5.74, 6) is 0. The number of nitrogens with two attached hydrogens (primary N) is 1. The van der Waals surface area contributed by atoms with Crippen molar-refractivity contribution in [2.75, 3.05) is 65.5 Å². The predicted molar refractivity (Wildman–Crippen MR) is 139 cm³/mol. The number of ether oxygens (including phenoxy) is 3. The Labute approximate surface area is 209 Å². The second-order valence-electron chi connectivity index (χ2n) is 11.2. The minimum atomic E-state index is -0.194. The molecule has 200 valence electrons. The van der Waals surface area contributed by atoms with Crippen molar-refractivity contribution in [1.82, 2.24) is 14.7 Å². The molecule has 0 aliphatic carbocycles. The molecule has 5 unspecified atom stereocenters. The minimum absolute atomic E-state index is 0.194. The van der Waals surface area contributed by atoms with Crippen LogP contribution in [0.3, 0.4) is 0 Å². The number of hydrogen-bond donors (Lipinski definition) is 1. The molecule has 3 fully saturated rings. The minimum Gasteiger partial charge on any atom is -0.376 e. The van der Waals surface area contributed by atoms with Crippen LogP contribution >= 0.6 is 0 Å². The fraction of sp³-hybridized carbons (Fsp3) is 1.00. The van der Waals surface area contributed by atoms with E-state index in [0.29, 0.717) is 30.5 Å². The number of rotatable bonds is 12. The summed E-state index contributed by atoms with van der Waals surface area (Å²) in [6, 6.07) is 0. The van der Waals surface area contributed by atoms with E-state index in [2.05, 4.69) is 49.3 Å². The summed E-state index contributed by atoms with van der Waals surface area (Å²) in [7, 11) is 0. The zero-order valence-electron chi connectivity index (χ0n) is 22.8. The number of nitrogens with zero attached hydrogens (tertiary/aromatic N) is 3. The molecular formula is C27H54N4O3. The van der Waals surface area contributed by atoms with Gasteiger partial charge >= 0.3 is 0 Å². The first-order chi connectivity index (χ1) is 16.4. The van der Waals surface area contributed by atoms with Gasteiger partial charge in [0.15, 0.2) is 0 Å². The van der Waals surface area contributed by atoms with Crippen LogP contribution in [-0.2, 0) is 14.2 Å². The smallest absolute Gasteiger partial charge is 0.0703 e. The lowest BCUT2D eigenvalue weighted by Crippen LogP contribution is -2.58. The maximum absolute atomic E-state index is 7.28. The van der Waals surface area contributed by atoms with Crippen molar-refractivity contribution < 1.29 is 14.2 Å². The van der Waals surface area contributed by atoms with Gasteiger partial charge < -0.3 is 19.9 Å². The molecule has 7 heteroatoms. The summed E-state index contributed by atoms with van der Waals surface area (Å²) in [5, 5.41) is 0. The van der Waals surface area contributed by atoms with Gasteiger partial charge in [0.05, 0.1) is 37.1 Å². The van der Waals surface area contributed by atoms with Crippen molar-refractivity contribution in [3.05, 3.63) is 0 Å². The largest absolute Gasteiger partial charge is 0.376 e. The first-order valence-corrected chi connectivity index (χ1v) is 14.2. The SMILES string of the molecule is CCC1CN(CCC(N)(CCN2CC(CC)OC(CC)C2)CN2CCOC(C)C2)CC(CC)O1. The van der Waals surface area contributed by atoms with Crippen molar-refractivity contribution in [2.24, 2.45) is 5.73 Å². The van der Waals surface area contributed by atoms with Crippen molar-refractivity contribution in [2.45, 2.75) is 109 Å². The van der Waals surface area contributed by atoms with Crippen LogP contribution in [0, 0.1) is 0 Å². The molecule has 0 aromatic rings. The van der Waals surface area contributed by atoms with Crippen molar-refractivity contribution >= 4 is 0 Å². The van der Waals surface area contributed by atoms with Crippen molar-refractivity contribution in [3.8, 4) is 0 Å². The molecule has 0 spiro atoms. The lowest BCUT2D eigenvalue weighted by atomic mass is 9.90. The van der Waals surface area contributed by atoms with Gasteiger partial charge in [-0.15, -0.1) is 0 Å². The molecule has 0 aromatic carbocycles.